The van der Waals surface area contributed by atoms with Gasteiger partial charge in [-0.3, -0.25) is 0 Å². The molecule has 0 radical (unpaired) electrons. The minimum atomic E-state index is -4.39. The van der Waals surface area contributed by atoms with Crippen LogP contribution in [-0.2, 0) is 30.5 Å². The highest BCUT2D eigenvalue weighted by molar-refractivity contribution is 7.09. The molecule has 1 aromatic heterocycles. The topological polar surface area (TPSA) is 58.5 Å². The first-order chi connectivity index (χ1) is 12.9. The van der Waals surface area contributed by atoms with Gasteiger partial charge in [0.2, 0.25) is 0 Å². The number of aliphatic imine (C=N–C) groups is 1. The maximum atomic E-state index is 12.6. The molecule has 0 fully saturated rings. The maximum Gasteiger partial charge on any atom is 0.434 e. The van der Waals surface area contributed by atoms with Crippen molar-refractivity contribution in [1.29, 1.82) is 0 Å². The third kappa shape index (κ3) is 7.18. The summed E-state index contributed by atoms with van der Waals surface area (Å²) in [4.78, 5) is 8.13. The number of nitrogens with one attached hydrogen (secondary N) is 2. The van der Waals surface area contributed by atoms with E-state index in [4.69, 9.17) is 4.74 Å². The average molecular weight is 400 g/mol. The van der Waals surface area contributed by atoms with E-state index >= 15 is 0 Å². The molecule has 27 heavy (non-hydrogen) atoms. The third-order valence-corrected chi connectivity index (χ3v) is 4.48. The summed E-state index contributed by atoms with van der Waals surface area (Å²) in [5, 5.41) is 7.73. The van der Waals surface area contributed by atoms with Crippen LogP contribution >= 0.6 is 11.3 Å². The number of methoxy groups -OCH3 is 1. The van der Waals surface area contributed by atoms with E-state index in [1.807, 2.05) is 31.2 Å². The number of nitrogens with zero attached hydrogens (tertiary/aromatic N) is 2. The summed E-state index contributed by atoms with van der Waals surface area (Å²) in [5.74, 6) is 0.617. The fourth-order valence-corrected chi connectivity index (χ4v) is 3.07. The number of guanidine groups is 1. The highest BCUT2D eigenvalue weighted by Crippen LogP contribution is 2.29. The molecular weight excluding hydrogens is 377 g/mol. The van der Waals surface area contributed by atoms with Crippen molar-refractivity contribution in [3.63, 3.8) is 0 Å². The first kappa shape index (κ1) is 21.2. The SMILES string of the molecule is CCNC(=NCc1ccc(COC)cc1)NCCc1nc(C(F)(F)F)cs1. The van der Waals surface area contributed by atoms with Gasteiger partial charge in [-0.15, -0.1) is 11.3 Å². The zero-order chi connectivity index (χ0) is 19.7. The van der Waals surface area contributed by atoms with Crippen LogP contribution in [0.3, 0.4) is 0 Å². The van der Waals surface area contributed by atoms with E-state index in [2.05, 4.69) is 20.6 Å². The van der Waals surface area contributed by atoms with Gasteiger partial charge in [0.15, 0.2) is 11.7 Å². The van der Waals surface area contributed by atoms with E-state index < -0.39 is 11.9 Å². The normalized spacial score (nSPS) is 12.3. The predicted molar refractivity (Wildman–Crippen MR) is 101 cm³/mol. The van der Waals surface area contributed by atoms with Crippen LogP contribution in [0.2, 0.25) is 0 Å². The molecule has 0 aliphatic heterocycles. The Bertz CT molecular complexity index is 729. The van der Waals surface area contributed by atoms with Gasteiger partial charge in [0.05, 0.1) is 18.2 Å². The minimum absolute atomic E-state index is 0.400. The Hall–Kier alpha value is -2.13. The summed E-state index contributed by atoms with van der Waals surface area (Å²) in [5.41, 5.74) is 1.32. The summed E-state index contributed by atoms with van der Waals surface area (Å²) in [6.07, 6.45) is -3.99. The Morgan fingerprint density at radius 2 is 1.89 bits per heavy atom. The van der Waals surface area contributed by atoms with Crippen LogP contribution in [0.1, 0.15) is 28.8 Å². The molecule has 9 heteroatoms. The second-order valence-corrected chi connectivity index (χ2v) is 6.69. The quantitative estimate of drug-likeness (QED) is 0.525. The van der Waals surface area contributed by atoms with Crippen LogP contribution in [0.4, 0.5) is 13.2 Å². The Labute approximate surface area is 160 Å². The third-order valence-electron chi connectivity index (χ3n) is 3.57. The first-order valence-electron chi connectivity index (χ1n) is 8.53. The van der Waals surface area contributed by atoms with Crippen LogP contribution in [0.5, 0.6) is 0 Å². The smallest absolute Gasteiger partial charge is 0.380 e. The van der Waals surface area contributed by atoms with Crippen LogP contribution in [0, 0.1) is 0 Å². The van der Waals surface area contributed by atoms with E-state index in [1.54, 1.807) is 7.11 Å². The van der Waals surface area contributed by atoms with Crippen molar-refractivity contribution >= 4 is 17.3 Å². The molecule has 0 aliphatic carbocycles. The summed E-state index contributed by atoms with van der Waals surface area (Å²) in [6, 6.07) is 7.98. The molecule has 1 heterocycles. The van der Waals surface area contributed by atoms with Crippen molar-refractivity contribution < 1.29 is 17.9 Å². The second kappa shape index (κ2) is 10.3. The zero-order valence-electron chi connectivity index (χ0n) is 15.3. The molecule has 5 nitrogen and oxygen atoms in total. The number of alkyl halides is 3. The molecule has 0 atom stereocenters. The number of hydrogen-bond donors (Lipinski definition) is 2. The van der Waals surface area contributed by atoms with Gasteiger partial charge in [0.25, 0.3) is 0 Å². The monoisotopic (exact) mass is 400 g/mol. The number of aromatic nitrogens is 1. The van der Waals surface area contributed by atoms with Crippen LogP contribution in [0.25, 0.3) is 0 Å². The molecule has 0 amide bonds. The summed E-state index contributed by atoms with van der Waals surface area (Å²) in [6.45, 7) is 4.16. The maximum absolute atomic E-state index is 12.6. The predicted octanol–water partition coefficient (Wildman–Crippen LogP) is 3.61. The Balaban J connectivity index is 1.86. The number of benzene rings is 1. The molecule has 0 aliphatic rings. The van der Waals surface area contributed by atoms with E-state index in [9.17, 15) is 13.2 Å². The summed E-state index contributed by atoms with van der Waals surface area (Å²) < 4.78 is 42.8. The molecule has 0 bridgehead atoms. The van der Waals surface area contributed by atoms with Crippen molar-refractivity contribution in [2.45, 2.75) is 32.7 Å². The number of thiazole rings is 1. The average Bonchev–Trinajstić information content (AvgIpc) is 3.10. The lowest BCUT2D eigenvalue weighted by Crippen LogP contribution is -2.38. The van der Waals surface area contributed by atoms with Gasteiger partial charge in [-0.1, -0.05) is 24.3 Å². The van der Waals surface area contributed by atoms with Crippen molar-refractivity contribution in [1.82, 2.24) is 15.6 Å². The van der Waals surface area contributed by atoms with E-state index in [0.717, 1.165) is 27.8 Å². The summed E-state index contributed by atoms with van der Waals surface area (Å²) >= 11 is 1.02. The van der Waals surface area contributed by atoms with Gasteiger partial charge in [-0.05, 0) is 18.1 Å². The molecule has 0 unspecified atom stereocenters. The van der Waals surface area contributed by atoms with Crippen molar-refractivity contribution in [2.24, 2.45) is 4.99 Å². The number of ether oxygens (including phenoxy) is 1. The largest absolute Gasteiger partial charge is 0.434 e. The van der Waals surface area contributed by atoms with Gasteiger partial charge >= 0.3 is 6.18 Å². The Kier molecular flexibility index (Phi) is 8.05. The Morgan fingerprint density at radius 3 is 2.48 bits per heavy atom. The molecular formula is C18H23F3N4OS. The van der Waals surface area contributed by atoms with Crippen molar-refractivity contribution in [3.05, 3.63) is 51.5 Å². The first-order valence-corrected chi connectivity index (χ1v) is 9.41. The molecule has 2 aromatic rings. The van der Waals surface area contributed by atoms with Gasteiger partial charge in [-0.2, -0.15) is 13.2 Å². The fraction of sp³-hybridized carbons (Fsp3) is 0.444. The lowest BCUT2D eigenvalue weighted by atomic mass is 10.1. The van der Waals surface area contributed by atoms with Crippen molar-refractivity contribution in [2.75, 3.05) is 20.2 Å². The van der Waals surface area contributed by atoms with Crippen LogP contribution in [0.15, 0.2) is 34.6 Å². The molecule has 2 N–H and O–H groups in total. The fourth-order valence-electron chi connectivity index (χ4n) is 2.26. The van der Waals surface area contributed by atoms with Gasteiger partial charge in [0.1, 0.15) is 0 Å². The molecule has 0 saturated carbocycles. The van der Waals surface area contributed by atoms with Gasteiger partial charge in [-0.25, -0.2) is 9.98 Å². The molecule has 1 aromatic carbocycles. The zero-order valence-corrected chi connectivity index (χ0v) is 16.1. The molecule has 0 spiro atoms. The highest BCUT2D eigenvalue weighted by Gasteiger charge is 2.33. The standard InChI is InChI=1S/C18H23F3N4OS/c1-3-22-17(24-10-13-4-6-14(7-5-13)11-26-2)23-9-8-16-25-15(12-27-16)18(19,20)21/h4-7,12H,3,8-11H2,1-2H3,(H2,22,23,24). The van der Waals surface area contributed by atoms with Crippen LogP contribution in [-0.4, -0.2) is 31.1 Å². The minimum Gasteiger partial charge on any atom is -0.380 e. The Morgan fingerprint density at radius 1 is 1.19 bits per heavy atom. The number of rotatable bonds is 8. The second-order valence-electron chi connectivity index (χ2n) is 5.75. The highest BCUT2D eigenvalue weighted by atomic mass is 32.1. The number of hydrogen-bond acceptors (Lipinski definition) is 4. The van der Waals surface area contributed by atoms with Crippen molar-refractivity contribution in [3.8, 4) is 0 Å². The lowest BCUT2D eigenvalue weighted by molar-refractivity contribution is -0.140. The lowest BCUT2D eigenvalue weighted by Gasteiger charge is -2.11. The molecule has 0 saturated heterocycles. The number of halogens is 3. The molecule has 148 valence electrons. The van der Waals surface area contributed by atoms with E-state index in [-0.39, 0.29) is 0 Å². The van der Waals surface area contributed by atoms with E-state index in [1.165, 1.54) is 0 Å². The van der Waals surface area contributed by atoms with Crippen LogP contribution < -0.4 is 10.6 Å². The van der Waals surface area contributed by atoms with Gasteiger partial charge < -0.3 is 15.4 Å². The molecule has 2 rings (SSSR count). The summed E-state index contributed by atoms with van der Waals surface area (Å²) in [7, 11) is 1.65. The van der Waals surface area contributed by atoms with E-state index in [0.29, 0.717) is 43.6 Å². The van der Waals surface area contributed by atoms with Gasteiger partial charge in [0, 0.05) is 32.0 Å².